The van der Waals surface area contributed by atoms with Crippen LogP contribution >= 0.6 is 11.6 Å². The molecular formula is C8H14ClNO2. The molecule has 0 aromatic heterocycles. The van der Waals surface area contributed by atoms with Crippen molar-refractivity contribution in [2.24, 2.45) is 5.41 Å². The largest absolute Gasteiger partial charge is 0.354 e. The third-order valence-corrected chi connectivity index (χ3v) is 2.04. The average molecular weight is 192 g/mol. The van der Waals surface area contributed by atoms with Crippen molar-refractivity contribution in [2.75, 3.05) is 12.4 Å². The van der Waals surface area contributed by atoms with Gasteiger partial charge in [-0.1, -0.05) is 13.8 Å². The fourth-order valence-electron chi connectivity index (χ4n) is 0.491. The molecule has 0 saturated carbocycles. The quantitative estimate of drug-likeness (QED) is 0.673. The van der Waals surface area contributed by atoms with E-state index in [9.17, 15) is 9.59 Å². The Bertz CT molecular complexity index is 189. The van der Waals surface area contributed by atoms with Crippen molar-refractivity contribution >= 4 is 23.3 Å². The molecule has 0 bridgehead atoms. The topological polar surface area (TPSA) is 46.2 Å². The maximum Gasteiger partial charge on any atom is 0.234 e. The van der Waals surface area contributed by atoms with Gasteiger partial charge in [-0.2, -0.15) is 0 Å². The van der Waals surface area contributed by atoms with Gasteiger partial charge in [0.25, 0.3) is 0 Å². The smallest absolute Gasteiger partial charge is 0.234 e. The van der Waals surface area contributed by atoms with Gasteiger partial charge in [-0.25, -0.2) is 0 Å². The molecule has 0 rings (SSSR count). The minimum absolute atomic E-state index is 0.0531. The van der Waals surface area contributed by atoms with E-state index in [4.69, 9.17) is 11.6 Å². The fourth-order valence-corrected chi connectivity index (χ4v) is 0.586. The molecule has 0 heterocycles. The van der Waals surface area contributed by atoms with E-state index in [1.165, 1.54) is 6.92 Å². The normalized spacial score (nSPS) is 11.0. The molecular weight excluding hydrogens is 178 g/mol. The highest BCUT2D eigenvalue weighted by atomic mass is 35.5. The molecule has 0 aliphatic carbocycles. The van der Waals surface area contributed by atoms with Crippen molar-refractivity contribution in [2.45, 2.75) is 20.8 Å². The molecule has 12 heavy (non-hydrogen) atoms. The number of alkyl halides is 1. The van der Waals surface area contributed by atoms with E-state index in [2.05, 4.69) is 5.32 Å². The van der Waals surface area contributed by atoms with Crippen LogP contribution in [0.15, 0.2) is 0 Å². The van der Waals surface area contributed by atoms with Gasteiger partial charge >= 0.3 is 0 Å². The van der Waals surface area contributed by atoms with E-state index in [0.717, 1.165) is 0 Å². The second-order valence-electron chi connectivity index (χ2n) is 3.35. The molecule has 0 aliphatic rings. The van der Waals surface area contributed by atoms with Crippen LogP contribution in [0.5, 0.6) is 0 Å². The number of Topliss-reactive ketones (excluding diaryl/α,β-unsaturated/α-hetero) is 1. The second-order valence-corrected chi connectivity index (χ2v) is 3.62. The summed E-state index contributed by atoms with van der Waals surface area (Å²) >= 11 is 5.26. The molecule has 0 radical (unpaired) electrons. The summed E-state index contributed by atoms with van der Waals surface area (Å²) in [4.78, 5) is 21.7. The Hall–Kier alpha value is -0.570. The fraction of sp³-hybridized carbons (Fsp3) is 0.750. The number of hydrogen-bond acceptors (Lipinski definition) is 2. The van der Waals surface area contributed by atoms with Crippen molar-refractivity contribution in [1.82, 2.24) is 5.32 Å². The number of halogens is 1. The third-order valence-electron chi connectivity index (χ3n) is 1.80. The van der Waals surface area contributed by atoms with E-state index in [0.29, 0.717) is 6.54 Å². The van der Waals surface area contributed by atoms with Crippen LogP contribution in [-0.4, -0.2) is 24.1 Å². The van der Waals surface area contributed by atoms with Crippen LogP contribution < -0.4 is 5.32 Å². The monoisotopic (exact) mass is 191 g/mol. The predicted octanol–water partition coefficient (Wildman–Crippen LogP) is 0.957. The highest BCUT2D eigenvalue weighted by Gasteiger charge is 2.23. The van der Waals surface area contributed by atoms with Crippen LogP contribution in [0.4, 0.5) is 0 Å². The molecule has 1 N–H and O–H groups in total. The first-order chi connectivity index (χ1) is 5.40. The Morgan fingerprint density at radius 1 is 1.42 bits per heavy atom. The molecule has 0 saturated heterocycles. The highest BCUT2D eigenvalue weighted by molar-refractivity contribution is 6.27. The minimum Gasteiger partial charge on any atom is -0.354 e. The molecule has 0 aliphatic heterocycles. The number of hydrogen-bond donors (Lipinski definition) is 1. The number of nitrogens with one attached hydrogen (secondary N) is 1. The molecule has 0 unspecified atom stereocenters. The van der Waals surface area contributed by atoms with Gasteiger partial charge in [-0.05, 0) is 6.92 Å². The lowest BCUT2D eigenvalue weighted by Crippen LogP contribution is -2.38. The maximum absolute atomic E-state index is 11.0. The number of amides is 1. The van der Waals surface area contributed by atoms with Gasteiger partial charge in [0.15, 0.2) is 0 Å². The average Bonchev–Trinajstić information content (AvgIpc) is 2.00. The summed E-state index contributed by atoms with van der Waals surface area (Å²) in [6, 6.07) is 0. The molecule has 0 atom stereocenters. The Labute approximate surface area is 77.5 Å². The van der Waals surface area contributed by atoms with Crippen molar-refractivity contribution in [3.63, 3.8) is 0 Å². The zero-order chi connectivity index (χ0) is 9.78. The molecule has 70 valence electrons. The third kappa shape index (κ3) is 3.72. The van der Waals surface area contributed by atoms with E-state index >= 15 is 0 Å². The van der Waals surface area contributed by atoms with E-state index in [-0.39, 0.29) is 17.6 Å². The summed E-state index contributed by atoms with van der Waals surface area (Å²) in [7, 11) is 0. The summed E-state index contributed by atoms with van der Waals surface area (Å²) in [6.45, 7) is 5.41. The molecule has 3 nitrogen and oxygen atoms in total. The zero-order valence-corrected chi connectivity index (χ0v) is 8.36. The molecule has 0 spiro atoms. The molecule has 0 aromatic carbocycles. The summed E-state index contributed by atoms with van der Waals surface area (Å²) in [5.74, 6) is -0.253. The van der Waals surface area contributed by atoms with Crippen LogP contribution in [0, 0.1) is 5.41 Å². The Morgan fingerprint density at radius 3 is 2.25 bits per heavy atom. The lowest BCUT2D eigenvalue weighted by molar-refractivity contribution is -0.125. The Balaban J connectivity index is 3.92. The lowest BCUT2D eigenvalue weighted by Gasteiger charge is -2.20. The van der Waals surface area contributed by atoms with Crippen molar-refractivity contribution < 1.29 is 9.59 Å². The van der Waals surface area contributed by atoms with Gasteiger partial charge in [-0.15, -0.1) is 11.6 Å². The van der Waals surface area contributed by atoms with Crippen LogP contribution in [-0.2, 0) is 9.59 Å². The SMILES string of the molecule is CC(=O)C(C)(C)CNC(=O)CCl. The number of carbonyl (C=O) groups is 2. The minimum atomic E-state index is -0.498. The summed E-state index contributed by atoms with van der Waals surface area (Å²) in [5, 5.41) is 2.56. The van der Waals surface area contributed by atoms with Gasteiger partial charge in [-0.3, -0.25) is 9.59 Å². The van der Waals surface area contributed by atoms with Gasteiger partial charge in [0.2, 0.25) is 5.91 Å². The lowest BCUT2D eigenvalue weighted by atomic mass is 9.89. The first-order valence-electron chi connectivity index (χ1n) is 3.74. The van der Waals surface area contributed by atoms with Crippen LogP contribution in [0.3, 0.4) is 0 Å². The van der Waals surface area contributed by atoms with Gasteiger partial charge < -0.3 is 5.32 Å². The van der Waals surface area contributed by atoms with Crippen LogP contribution in [0.1, 0.15) is 20.8 Å². The van der Waals surface area contributed by atoms with Gasteiger partial charge in [0.05, 0.1) is 0 Å². The van der Waals surface area contributed by atoms with Crippen molar-refractivity contribution in [1.29, 1.82) is 0 Å². The molecule has 4 heteroatoms. The van der Waals surface area contributed by atoms with E-state index in [1.54, 1.807) is 13.8 Å². The molecule has 1 amide bonds. The number of rotatable bonds is 4. The molecule has 0 fully saturated rings. The zero-order valence-electron chi connectivity index (χ0n) is 7.61. The predicted molar refractivity (Wildman–Crippen MR) is 48.2 cm³/mol. The van der Waals surface area contributed by atoms with E-state index < -0.39 is 5.41 Å². The van der Waals surface area contributed by atoms with Crippen LogP contribution in [0.25, 0.3) is 0 Å². The van der Waals surface area contributed by atoms with E-state index in [1.807, 2.05) is 0 Å². The standard InChI is InChI=1S/C8H14ClNO2/c1-6(11)8(2,3)5-10-7(12)4-9/h4-5H2,1-3H3,(H,10,12). The van der Waals surface area contributed by atoms with Gasteiger partial charge in [0, 0.05) is 12.0 Å². The summed E-state index contributed by atoms with van der Waals surface area (Å²) in [6.07, 6.45) is 0. The van der Waals surface area contributed by atoms with Crippen molar-refractivity contribution in [3.05, 3.63) is 0 Å². The maximum atomic E-state index is 11.0. The van der Waals surface area contributed by atoms with Crippen LogP contribution in [0.2, 0.25) is 0 Å². The van der Waals surface area contributed by atoms with Gasteiger partial charge in [0.1, 0.15) is 11.7 Å². The summed E-state index contributed by atoms with van der Waals surface area (Å²) in [5.41, 5.74) is -0.498. The highest BCUT2D eigenvalue weighted by Crippen LogP contribution is 2.14. The second kappa shape index (κ2) is 4.45. The molecule has 0 aromatic rings. The number of carbonyl (C=O) groups excluding carboxylic acids is 2. The first kappa shape index (κ1) is 11.4. The van der Waals surface area contributed by atoms with Crippen molar-refractivity contribution in [3.8, 4) is 0 Å². The Kier molecular flexibility index (Phi) is 4.24. The Morgan fingerprint density at radius 2 is 1.92 bits per heavy atom. The first-order valence-corrected chi connectivity index (χ1v) is 4.27. The summed E-state index contributed by atoms with van der Waals surface area (Å²) < 4.78 is 0. The number of ketones is 1.